The Bertz CT molecular complexity index is 1490. The predicted molar refractivity (Wildman–Crippen MR) is 119 cm³/mol. The third-order valence-corrected chi connectivity index (χ3v) is 8.46. The summed E-state index contributed by atoms with van der Waals surface area (Å²) in [6.07, 6.45) is 0.934. The van der Waals surface area contributed by atoms with Gasteiger partial charge in [-0.25, -0.2) is 17.7 Å². The SMILES string of the molecule is O=C1c2ccccc2S(=O)(=O)N1Cc1nc(-c2ccc3c(c2)-c2ccccc2C3)cs1. The van der Waals surface area contributed by atoms with Crippen molar-refractivity contribution in [2.45, 2.75) is 17.9 Å². The lowest BCUT2D eigenvalue weighted by Gasteiger charge is -2.13. The highest BCUT2D eigenvalue weighted by Crippen LogP contribution is 2.39. The van der Waals surface area contributed by atoms with E-state index >= 15 is 0 Å². The first kappa shape index (κ1) is 18.5. The van der Waals surface area contributed by atoms with E-state index in [1.807, 2.05) is 11.4 Å². The van der Waals surface area contributed by atoms with Gasteiger partial charge in [-0.1, -0.05) is 48.5 Å². The lowest BCUT2D eigenvalue weighted by Crippen LogP contribution is -2.29. The molecule has 1 aliphatic carbocycles. The molecule has 1 amide bonds. The maximum absolute atomic E-state index is 12.8. The van der Waals surface area contributed by atoms with Crippen molar-refractivity contribution in [3.63, 3.8) is 0 Å². The summed E-state index contributed by atoms with van der Waals surface area (Å²) in [6.45, 7) is -0.0612. The van der Waals surface area contributed by atoms with Crippen molar-refractivity contribution in [3.8, 4) is 22.4 Å². The van der Waals surface area contributed by atoms with Crippen molar-refractivity contribution in [1.82, 2.24) is 9.29 Å². The second kappa shape index (κ2) is 6.60. The van der Waals surface area contributed by atoms with E-state index in [-0.39, 0.29) is 17.0 Å². The second-order valence-electron chi connectivity index (χ2n) is 7.65. The molecular weight excluding hydrogens is 428 g/mol. The number of rotatable bonds is 3. The van der Waals surface area contributed by atoms with Crippen LogP contribution in [0.25, 0.3) is 22.4 Å². The molecule has 2 aliphatic rings. The topological polar surface area (TPSA) is 67.3 Å². The van der Waals surface area contributed by atoms with Crippen LogP contribution in [-0.4, -0.2) is 23.6 Å². The third-order valence-electron chi connectivity index (χ3n) is 5.84. The van der Waals surface area contributed by atoms with E-state index in [0.717, 1.165) is 22.0 Å². The molecule has 0 fully saturated rings. The molecule has 0 atom stereocenters. The molecule has 6 rings (SSSR count). The second-order valence-corrected chi connectivity index (χ2v) is 10.4. The lowest BCUT2D eigenvalue weighted by atomic mass is 10.0. The van der Waals surface area contributed by atoms with Gasteiger partial charge in [-0.15, -0.1) is 11.3 Å². The number of carbonyl (C=O) groups is 1. The molecule has 0 unspecified atom stereocenters. The summed E-state index contributed by atoms with van der Waals surface area (Å²) in [4.78, 5) is 17.4. The van der Waals surface area contributed by atoms with Gasteiger partial charge < -0.3 is 0 Å². The first-order valence-electron chi connectivity index (χ1n) is 9.84. The van der Waals surface area contributed by atoms with Gasteiger partial charge in [0, 0.05) is 10.9 Å². The molecule has 4 aromatic rings. The zero-order valence-electron chi connectivity index (χ0n) is 16.3. The van der Waals surface area contributed by atoms with E-state index in [0.29, 0.717) is 5.01 Å². The molecule has 0 spiro atoms. The fourth-order valence-electron chi connectivity index (χ4n) is 4.31. The van der Waals surface area contributed by atoms with E-state index in [2.05, 4.69) is 41.4 Å². The number of hydrogen-bond acceptors (Lipinski definition) is 5. The van der Waals surface area contributed by atoms with Crippen LogP contribution in [0, 0.1) is 0 Å². The quantitative estimate of drug-likeness (QED) is 0.404. The van der Waals surface area contributed by atoms with Crippen LogP contribution in [0.5, 0.6) is 0 Å². The molecule has 0 radical (unpaired) electrons. The van der Waals surface area contributed by atoms with Crippen LogP contribution in [0.1, 0.15) is 26.5 Å². The molecule has 0 saturated heterocycles. The van der Waals surface area contributed by atoms with Crippen LogP contribution < -0.4 is 0 Å². The number of carbonyl (C=O) groups excluding carboxylic acids is 1. The number of hydrogen-bond donors (Lipinski definition) is 0. The maximum Gasteiger partial charge on any atom is 0.269 e. The van der Waals surface area contributed by atoms with Gasteiger partial charge in [0.15, 0.2) is 0 Å². The van der Waals surface area contributed by atoms with Gasteiger partial charge in [0.2, 0.25) is 0 Å². The van der Waals surface area contributed by atoms with Crippen LogP contribution in [0.4, 0.5) is 0 Å². The molecule has 7 heteroatoms. The molecule has 31 heavy (non-hydrogen) atoms. The fourth-order valence-corrected chi connectivity index (χ4v) is 6.71. The normalized spacial score (nSPS) is 15.6. The summed E-state index contributed by atoms with van der Waals surface area (Å²) in [5.74, 6) is -0.499. The summed E-state index contributed by atoms with van der Waals surface area (Å²) >= 11 is 1.36. The molecule has 152 valence electrons. The molecule has 1 aromatic heterocycles. The number of amides is 1. The predicted octanol–water partition coefficient (Wildman–Crippen LogP) is 4.73. The van der Waals surface area contributed by atoms with Crippen LogP contribution in [-0.2, 0) is 23.0 Å². The number of thiazole rings is 1. The van der Waals surface area contributed by atoms with Gasteiger partial charge in [0.05, 0.1) is 17.8 Å². The van der Waals surface area contributed by atoms with Crippen LogP contribution >= 0.6 is 11.3 Å². The molecular formula is C24H16N2O3S2. The minimum atomic E-state index is -3.84. The molecule has 5 nitrogen and oxygen atoms in total. The Hall–Kier alpha value is -3.29. The minimum Gasteiger partial charge on any atom is -0.268 e. The highest BCUT2D eigenvalue weighted by Gasteiger charge is 2.41. The van der Waals surface area contributed by atoms with Gasteiger partial charge >= 0.3 is 0 Å². The van der Waals surface area contributed by atoms with Gasteiger partial charge in [0.1, 0.15) is 9.90 Å². The average molecular weight is 445 g/mol. The fraction of sp³-hybridized carbons (Fsp3) is 0.0833. The zero-order chi connectivity index (χ0) is 21.2. The first-order valence-corrected chi connectivity index (χ1v) is 12.2. The molecule has 1 aliphatic heterocycles. The molecule has 0 saturated carbocycles. The largest absolute Gasteiger partial charge is 0.269 e. The number of fused-ring (bicyclic) bond motifs is 4. The first-order chi connectivity index (χ1) is 15.0. The Morgan fingerprint density at radius 2 is 1.65 bits per heavy atom. The maximum atomic E-state index is 12.8. The van der Waals surface area contributed by atoms with Crippen molar-refractivity contribution in [1.29, 1.82) is 0 Å². The van der Waals surface area contributed by atoms with E-state index in [9.17, 15) is 13.2 Å². The monoisotopic (exact) mass is 444 g/mol. The lowest BCUT2D eigenvalue weighted by molar-refractivity contribution is 0.0865. The van der Waals surface area contributed by atoms with Crippen LogP contribution in [0.15, 0.2) is 77.0 Å². The third kappa shape index (κ3) is 2.77. The number of benzene rings is 3. The summed E-state index contributed by atoms with van der Waals surface area (Å²) < 4.78 is 26.5. The van der Waals surface area contributed by atoms with E-state index < -0.39 is 15.9 Å². The summed E-state index contributed by atoms with van der Waals surface area (Å²) in [6, 6.07) is 21.0. The average Bonchev–Trinajstić information content (AvgIpc) is 3.45. The number of sulfonamides is 1. The van der Waals surface area contributed by atoms with Crippen molar-refractivity contribution in [2.24, 2.45) is 0 Å². The standard InChI is InChI=1S/C24H16N2O3S2/c27-24-19-7-3-4-8-22(19)31(28,29)26(24)13-23-25-21(14-30-23)17-10-9-16-11-15-5-1-2-6-18(15)20(16)12-17/h1-10,12,14H,11,13H2. The van der Waals surface area contributed by atoms with Gasteiger partial charge in [-0.05, 0) is 46.9 Å². The molecule has 0 N–H and O–H groups in total. The van der Waals surface area contributed by atoms with Crippen molar-refractivity contribution < 1.29 is 13.2 Å². The van der Waals surface area contributed by atoms with Gasteiger partial charge in [-0.2, -0.15) is 0 Å². The Morgan fingerprint density at radius 3 is 2.48 bits per heavy atom. The minimum absolute atomic E-state index is 0.0612. The summed E-state index contributed by atoms with van der Waals surface area (Å²) in [7, 11) is -3.84. The Morgan fingerprint density at radius 1 is 0.903 bits per heavy atom. The van der Waals surface area contributed by atoms with Gasteiger partial charge in [0.25, 0.3) is 15.9 Å². The Kier molecular flexibility index (Phi) is 3.94. The Balaban J connectivity index is 1.32. The smallest absolute Gasteiger partial charge is 0.268 e. The zero-order valence-corrected chi connectivity index (χ0v) is 17.9. The van der Waals surface area contributed by atoms with Crippen molar-refractivity contribution >= 4 is 27.3 Å². The van der Waals surface area contributed by atoms with Crippen LogP contribution in [0.3, 0.4) is 0 Å². The van der Waals surface area contributed by atoms with Crippen molar-refractivity contribution in [2.75, 3.05) is 0 Å². The molecule has 3 aromatic carbocycles. The van der Waals surface area contributed by atoms with E-state index in [1.54, 1.807) is 18.2 Å². The molecule has 2 heterocycles. The highest BCUT2D eigenvalue weighted by atomic mass is 32.2. The van der Waals surface area contributed by atoms with Gasteiger partial charge in [-0.3, -0.25) is 4.79 Å². The Labute approximate surface area is 183 Å². The molecule has 0 bridgehead atoms. The summed E-state index contributed by atoms with van der Waals surface area (Å²) in [5, 5.41) is 2.50. The van der Waals surface area contributed by atoms with Crippen molar-refractivity contribution in [3.05, 3.63) is 93.8 Å². The highest BCUT2D eigenvalue weighted by molar-refractivity contribution is 7.90. The summed E-state index contributed by atoms with van der Waals surface area (Å²) in [5.41, 5.74) is 7.08. The van der Waals surface area contributed by atoms with E-state index in [1.165, 1.54) is 39.7 Å². The number of aromatic nitrogens is 1. The van der Waals surface area contributed by atoms with E-state index in [4.69, 9.17) is 0 Å². The number of nitrogens with zero attached hydrogens (tertiary/aromatic N) is 2. The van der Waals surface area contributed by atoms with Crippen LogP contribution in [0.2, 0.25) is 0 Å².